The topological polar surface area (TPSA) is 36.7 Å². The molecule has 4 heteroatoms. The van der Waals surface area contributed by atoms with Gasteiger partial charge in [-0.25, -0.2) is 0 Å². The number of nitriles is 1. The minimum Gasteiger partial charge on any atom is -0.265 e. The molecular formula is C12H7BrN2S. The predicted octanol–water partition coefficient (Wildman–Crippen LogP) is 3.87. The van der Waals surface area contributed by atoms with Crippen molar-refractivity contribution in [3.63, 3.8) is 0 Å². The molecule has 2 aromatic rings. The van der Waals surface area contributed by atoms with Crippen LogP contribution in [0.25, 0.3) is 0 Å². The fraction of sp³-hybridized carbons (Fsp3) is 0. The summed E-state index contributed by atoms with van der Waals surface area (Å²) in [5.74, 6) is 0. The fourth-order valence-corrected chi connectivity index (χ4v) is 2.73. The Morgan fingerprint density at radius 1 is 1.19 bits per heavy atom. The van der Waals surface area contributed by atoms with E-state index in [0.29, 0.717) is 5.56 Å². The Kier molecular flexibility index (Phi) is 3.60. The van der Waals surface area contributed by atoms with Gasteiger partial charge in [0, 0.05) is 26.7 Å². The van der Waals surface area contributed by atoms with E-state index in [1.54, 1.807) is 24.2 Å². The first-order valence-corrected chi connectivity index (χ1v) is 6.18. The van der Waals surface area contributed by atoms with E-state index in [4.69, 9.17) is 5.26 Å². The molecule has 1 aromatic heterocycles. The summed E-state index contributed by atoms with van der Waals surface area (Å²) in [6, 6.07) is 11.8. The van der Waals surface area contributed by atoms with Gasteiger partial charge >= 0.3 is 0 Å². The number of aromatic nitrogens is 1. The van der Waals surface area contributed by atoms with Crippen LogP contribution in [0.1, 0.15) is 5.56 Å². The van der Waals surface area contributed by atoms with Crippen LogP contribution in [0.15, 0.2) is 57.0 Å². The van der Waals surface area contributed by atoms with Gasteiger partial charge in [-0.15, -0.1) is 0 Å². The summed E-state index contributed by atoms with van der Waals surface area (Å²) in [5, 5.41) is 9.07. The van der Waals surface area contributed by atoms with Crippen LogP contribution in [-0.2, 0) is 0 Å². The van der Waals surface area contributed by atoms with E-state index in [-0.39, 0.29) is 0 Å². The lowest BCUT2D eigenvalue weighted by atomic mass is 10.2. The quantitative estimate of drug-likeness (QED) is 0.842. The van der Waals surface area contributed by atoms with Crippen LogP contribution in [0.3, 0.4) is 0 Å². The van der Waals surface area contributed by atoms with Crippen LogP contribution in [0, 0.1) is 11.3 Å². The molecule has 0 aliphatic carbocycles. The van der Waals surface area contributed by atoms with E-state index in [1.165, 1.54) is 0 Å². The predicted molar refractivity (Wildman–Crippen MR) is 67.2 cm³/mol. The van der Waals surface area contributed by atoms with E-state index in [9.17, 15) is 0 Å². The smallest absolute Gasteiger partial charge is 0.102 e. The van der Waals surface area contributed by atoms with Crippen LogP contribution in [-0.4, -0.2) is 4.98 Å². The van der Waals surface area contributed by atoms with Crippen molar-refractivity contribution in [2.75, 3.05) is 0 Å². The molecule has 0 N–H and O–H groups in total. The molecule has 0 aliphatic heterocycles. The van der Waals surface area contributed by atoms with Crippen LogP contribution in [0.4, 0.5) is 0 Å². The average Bonchev–Trinajstić information content (AvgIpc) is 2.31. The van der Waals surface area contributed by atoms with Crippen molar-refractivity contribution in [2.24, 2.45) is 0 Å². The molecule has 0 aliphatic rings. The van der Waals surface area contributed by atoms with E-state index in [0.717, 1.165) is 14.3 Å². The van der Waals surface area contributed by atoms with Gasteiger partial charge in [0.1, 0.15) is 6.07 Å². The number of hydrogen-bond acceptors (Lipinski definition) is 3. The molecule has 0 amide bonds. The number of pyridine rings is 1. The Morgan fingerprint density at radius 2 is 1.94 bits per heavy atom. The molecule has 2 nitrogen and oxygen atoms in total. The maximum atomic E-state index is 9.07. The summed E-state index contributed by atoms with van der Waals surface area (Å²) < 4.78 is 0.828. The van der Waals surface area contributed by atoms with Gasteiger partial charge < -0.3 is 0 Å². The second-order valence-electron chi connectivity index (χ2n) is 3.01. The SMILES string of the molecule is N#Cc1c(Br)cccc1Sc1ccncc1. The molecule has 2 rings (SSSR count). The van der Waals surface area contributed by atoms with Gasteiger partial charge in [-0.1, -0.05) is 17.8 Å². The summed E-state index contributed by atoms with van der Waals surface area (Å²) in [6.07, 6.45) is 3.48. The number of hydrogen-bond donors (Lipinski definition) is 0. The highest BCUT2D eigenvalue weighted by atomic mass is 79.9. The van der Waals surface area contributed by atoms with Gasteiger partial charge in [0.05, 0.1) is 5.56 Å². The molecule has 16 heavy (non-hydrogen) atoms. The Hall–Kier alpha value is -1.31. The lowest BCUT2D eigenvalue weighted by molar-refractivity contribution is 1.25. The van der Waals surface area contributed by atoms with E-state index < -0.39 is 0 Å². The Morgan fingerprint density at radius 3 is 2.62 bits per heavy atom. The van der Waals surface area contributed by atoms with Gasteiger partial charge in [0.2, 0.25) is 0 Å². The Labute approximate surface area is 106 Å². The first-order chi connectivity index (χ1) is 7.81. The van der Waals surface area contributed by atoms with Gasteiger partial charge in [-0.3, -0.25) is 4.98 Å². The average molecular weight is 291 g/mol. The third kappa shape index (κ3) is 2.43. The van der Waals surface area contributed by atoms with Gasteiger partial charge in [-0.05, 0) is 40.2 Å². The summed E-state index contributed by atoms with van der Waals surface area (Å²) in [5.41, 5.74) is 0.671. The summed E-state index contributed by atoms with van der Waals surface area (Å²) >= 11 is 4.93. The van der Waals surface area contributed by atoms with Gasteiger partial charge in [-0.2, -0.15) is 5.26 Å². The first kappa shape index (κ1) is 11.2. The summed E-state index contributed by atoms with van der Waals surface area (Å²) in [6.45, 7) is 0. The summed E-state index contributed by atoms with van der Waals surface area (Å²) in [4.78, 5) is 5.98. The Balaban J connectivity index is 2.36. The molecule has 78 valence electrons. The largest absolute Gasteiger partial charge is 0.265 e. The van der Waals surface area contributed by atoms with E-state index in [2.05, 4.69) is 27.0 Å². The maximum Gasteiger partial charge on any atom is 0.102 e. The highest BCUT2D eigenvalue weighted by molar-refractivity contribution is 9.10. The fourth-order valence-electron chi connectivity index (χ4n) is 1.23. The number of benzene rings is 1. The van der Waals surface area contributed by atoms with Crippen molar-refractivity contribution in [3.05, 3.63) is 52.8 Å². The monoisotopic (exact) mass is 290 g/mol. The highest BCUT2D eigenvalue weighted by Crippen LogP contribution is 2.32. The third-order valence-electron chi connectivity index (χ3n) is 1.96. The number of halogens is 1. The minimum atomic E-state index is 0.671. The number of nitrogens with zero attached hydrogens (tertiary/aromatic N) is 2. The molecule has 0 bridgehead atoms. The zero-order valence-electron chi connectivity index (χ0n) is 8.22. The molecule has 1 aromatic carbocycles. The van der Waals surface area contributed by atoms with E-state index in [1.807, 2.05) is 30.3 Å². The van der Waals surface area contributed by atoms with Crippen molar-refractivity contribution in [1.29, 1.82) is 5.26 Å². The van der Waals surface area contributed by atoms with Crippen molar-refractivity contribution in [1.82, 2.24) is 4.98 Å². The van der Waals surface area contributed by atoms with Crippen molar-refractivity contribution < 1.29 is 0 Å². The molecule has 0 unspecified atom stereocenters. The van der Waals surface area contributed by atoms with Gasteiger partial charge in [0.15, 0.2) is 0 Å². The highest BCUT2D eigenvalue weighted by Gasteiger charge is 2.06. The molecule has 0 saturated heterocycles. The molecule has 1 heterocycles. The standard InChI is InChI=1S/C12H7BrN2S/c13-11-2-1-3-12(10(11)8-14)16-9-4-6-15-7-5-9/h1-7H. The second kappa shape index (κ2) is 5.15. The second-order valence-corrected chi connectivity index (χ2v) is 4.98. The van der Waals surface area contributed by atoms with Crippen molar-refractivity contribution in [3.8, 4) is 6.07 Å². The van der Waals surface area contributed by atoms with Gasteiger partial charge in [0.25, 0.3) is 0 Å². The molecule has 0 radical (unpaired) electrons. The lowest BCUT2D eigenvalue weighted by Gasteiger charge is -2.04. The van der Waals surface area contributed by atoms with E-state index >= 15 is 0 Å². The molecular weight excluding hydrogens is 284 g/mol. The third-order valence-corrected chi connectivity index (χ3v) is 3.69. The van der Waals surface area contributed by atoms with Crippen LogP contribution in [0.5, 0.6) is 0 Å². The van der Waals surface area contributed by atoms with Crippen LogP contribution < -0.4 is 0 Å². The Bertz CT molecular complexity index is 534. The zero-order valence-corrected chi connectivity index (χ0v) is 10.6. The zero-order chi connectivity index (χ0) is 11.4. The maximum absolute atomic E-state index is 9.07. The van der Waals surface area contributed by atoms with Crippen LogP contribution in [0.2, 0.25) is 0 Å². The molecule has 0 fully saturated rings. The van der Waals surface area contributed by atoms with Crippen molar-refractivity contribution in [2.45, 2.75) is 9.79 Å². The molecule has 0 atom stereocenters. The first-order valence-electron chi connectivity index (χ1n) is 4.58. The molecule has 0 saturated carbocycles. The van der Waals surface area contributed by atoms with Crippen molar-refractivity contribution >= 4 is 27.7 Å². The lowest BCUT2D eigenvalue weighted by Crippen LogP contribution is -1.83. The number of rotatable bonds is 2. The minimum absolute atomic E-state index is 0.671. The summed E-state index contributed by atoms with van der Waals surface area (Å²) in [7, 11) is 0. The normalized spacial score (nSPS) is 9.75. The molecule has 0 spiro atoms. The van der Waals surface area contributed by atoms with Crippen LogP contribution >= 0.6 is 27.7 Å².